The zero-order valence-electron chi connectivity index (χ0n) is 11.0. The van der Waals surface area contributed by atoms with Gasteiger partial charge in [0, 0.05) is 11.6 Å². The summed E-state index contributed by atoms with van der Waals surface area (Å²) in [5.74, 6) is 0. The molecule has 0 aliphatic heterocycles. The lowest BCUT2D eigenvalue weighted by molar-refractivity contribution is 0.267. The predicted molar refractivity (Wildman–Crippen MR) is 71.4 cm³/mol. The Labute approximate surface area is 101 Å². The Kier molecular flexibility index (Phi) is 6.37. The van der Waals surface area contributed by atoms with Crippen LogP contribution in [0.2, 0.25) is 0 Å². The Morgan fingerprint density at radius 1 is 1.06 bits per heavy atom. The van der Waals surface area contributed by atoms with E-state index in [1.54, 1.807) is 0 Å². The highest BCUT2D eigenvalue weighted by Gasteiger charge is 2.26. The summed E-state index contributed by atoms with van der Waals surface area (Å²) in [6, 6.07) is 0.409. The summed E-state index contributed by atoms with van der Waals surface area (Å²) in [6.07, 6.45) is 13.8. The largest absolute Gasteiger partial charge is 0.328 e. The van der Waals surface area contributed by atoms with Gasteiger partial charge in [0.15, 0.2) is 0 Å². The van der Waals surface area contributed by atoms with Crippen molar-refractivity contribution < 1.29 is 0 Å². The third kappa shape index (κ3) is 5.31. The minimum absolute atomic E-state index is 0.155. The van der Waals surface area contributed by atoms with E-state index in [2.05, 4.69) is 6.92 Å². The maximum absolute atomic E-state index is 6.40. The monoisotopic (exact) mass is 226 g/mol. The fourth-order valence-electron chi connectivity index (χ4n) is 2.83. The number of nitrogens with two attached hydrogens (primary N) is 2. The van der Waals surface area contributed by atoms with Crippen LogP contribution in [0.3, 0.4) is 0 Å². The first-order valence-corrected chi connectivity index (χ1v) is 7.21. The van der Waals surface area contributed by atoms with Gasteiger partial charge in [-0.2, -0.15) is 0 Å². The Bertz CT molecular complexity index is 174. The van der Waals surface area contributed by atoms with Gasteiger partial charge in [-0.3, -0.25) is 0 Å². The molecule has 0 aromatic carbocycles. The minimum Gasteiger partial charge on any atom is -0.328 e. The van der Waals surface area contributed by atoms with Crippen molar-refractivity contribution in [2.75, 3.05) is 0 Å². The summed E-state index contributed by atoms with van der Waals surface area (Å²) >= 11 is 0. The van der Waals surface area contributed by atoms with Crippen LogP contribution < -0.4 is 11.5 Å². The number of hydrogen-bond donors (Lipinski definition) is 2. The van der Waals surface area contributed by atoms with E-state index in [1.807, 2.05) is 0 Å². The van der Waals surface area contributed by atoms with Gasteiger partial charge in [0.1, 0.15) is 0 Å². The van der Waals surface area contributed by atoms with Gasteiger partial charge in [0.2, 0.25) is 0 Å². The van der Waals surface area contributed by atoms with Crippen LogP contribution in [0.5, 0.6) is 0 Å². The van der Waals surface area contributed by atoms with E-state index in [9.17, 15) is 0 Å². The first-order chi connectivity index (χ1) is 7.66. The van der Waals surface area contributed by atoms with E-state index >= 15 is 0 Å². The molecule has 1 fully saturated rings. The number of rotatable bonds is 7. The number of hydrogen-bond acceptors (Lipinski definition) is 2. The van der Waals surface area contributed by atoms with E-state index in [0.717, 1.165) is 0 Å². The molecule has 0 bridgehead atoms. The molecule has 4 N–H and O–H groups in total. The first-order valence-electron chi connectivity index (χ1n) is 7.21. The maximum atomic E-state index is 6.40. The molecule has 1 unspecified atom stereocenters. The van der Waals surface area contributed by atoms with Crippen molar-refractivity contribution in [3.63, 3.8) is 0 Å². The van der Waals surface area contributed by atoms with Crippen molar-refractivity contribution in [2.45, 2.75) is 89.1 Å². The predicted octanol–water partition coefficient (Wildman–Crippen LogP) is 3.34. The average Bonchev–Trinajstić information content (AvgIpc) is 2.27. The molecule has 1 aliphatic rings. The summed E-state index contributed by atoms with van der Waals surface area (Å²) < 4.78 is 0. The first kappa shape index (κ1) is 14.0. The van der Waals surface area contributed by atoms with Crippen LogP contribution in [0.1, 0.15) is 77.6 Å². The molecule has 0 spiro atoms. The normalized spacial score (nSPS) is 21.9. The highest BCUT2D eigenvalue weighted by atomic mass is 14.7. The highest BCUT2D eigenvalue weighted by molar-refractivity contribution is 4.87. The highest BCUT2D eigenvalue weighted by Crippen LogP contribution is 2.30. The van der Waals surface area contributed by atoms with Gasteiger partial charge < -0.3 is 11.5 Å². The van der Waals surface area contributed by atoms with E-state index in [-0.39, 0.29) is 5.54 Å². The molecule has 1 atom stereocenters. The Morgan fingerprint density at radius 3 is 2.31 bits per heavy atom. The fourth-order valence-corrected chi connectivity index (χ4v) is 2.83. The molecule has 1 rings (SSSR count). The Hall–Kier alpha value is -0.0800. The van der Waals surface area contributed by atoms with Gasteiger partial charge in [0.25, 0.3) is 0 Å². The minimum atomic E-state index is 0.155. The van der Waals surface area contributed by atoms with Crippen molar-refractivity contribution in [3.05, 3.63) is 0 Å². The van der Waals surface area contributed by atoms with Crippen molar-refractivity contribution >= 4 is 0 Å². The summed E-state index contributed by atoms with van der Waals surface area (Å²) in [5, 5.41) is 0. The fraction of sp³-hybridized carbons (Fsp3) is 1.00. The second-order valence-electron chi connectivity index (χ2n) is 5.72. The van der Waals surface area contributed by atoms with E-state index < -0.39 is 0 Å². The second-order valence-corrected chi connectivity index (χ2v) is 5.72. The van der Waals surface area contributed by atoms with E-state index in [0.29, 0.717) is 6.04 Å². The average molecular weight is 226 g/mol. The van der Waals surface area contributed by atoms with Crippen LogP contribution in [0.15, 0.2) is 0 Å². The van der Waals surface area contributed by atoms with Crippen LogP contribution in [0, 0.1) is 0 Å². The van der Waals surface area contributed by atoms with Crippen molar-refractivity contribution in [3.8, 4) is 0 Å². The molecular formula is C14H30N2. The molecule has 0 amide bonds. The van der Waals surface area contributed by atoms with Crippen molar-refractivity contribution in [2.24, 2.45) is 11.5 Å². The SMILES string of the molecule is CCCCC(N)CCCC1(N)CCCCC1. The van der Waals surface area contributed by atoms with Gasteiger partial charge in [-0.05, 0) is 32.1 Å². The molecule has 0 aromatic rings. The Morgan fingerprint density at radius 2 is 1.69 bits per heavy atom. The standard InChI is InChI=1S/C14H30N2/c1-2-3-8-13(15)9-7-12-14(16)10-5-4-6-11-14/h13H,2-12,15-16H2,1H3. The number of unbranched alkanes of at least 4 members (excludes halogenated alkanes) is 1. The lowest BCUT2D eigenvalue weighted by Crippen LogP contribution is -2.41. The van der Waals surface area contributed by atoms with Gasteiger partial charge in [-0.15, -0.1) is 0 Å². The molecule has 0 heterocycles. The molecule has 0 aromatic heterocycles. The second kappa shape index (κ2) is 7.29. The van der Waals surface area contributed by atoms with Crippen LogP contribution >= 0.6 is 0 Å². The maximum Gasteiger partial charge on any atom is 0.0154 e. The molecule has 1 saturated carbocycles. The molecule has 96 valence electrons. The van der Waals surface area contributed by atoms with E-state index in [1.165, 1.54) is 70.6 Å². The molecule has 2 heteroatoms. The lowest BCUT2D eigenvalue weighted by Gasteiger charge is -2.33. The summed E-state index contributed by atoms with van der Waals surface area (Å²) in [4.78, 5) is 0. The molecule has 2 nitrogen and oxygen atoms in total. The van der Waals surface area contributed by atoms with Gasteiger partial charge in [-0.1, -0.05) is 45.4 Å². The molecule has 16 heavy (non-hydrogen) atoms. The van der Waals surface area contributed by atoms with Crippen molar-refractivity contribution in [1.82, 2.24) is 0 Å². The van der Waals surface area contributed by atoms with Gasteiger partial charge >= 0.3 is 0 Å². The lowest BCUT2D eigenvalue weighted by atomic mass is 9.79. The quantitative estimate of drug-likeness (QED) is 0.699. The summed E-state index contributed by atoms with van der Waals surface area (Å²) in [6.45, 7) is 2.23. The van der Waals surface area contributed by atoms with Crippen LogP contribution in [0.4, 0.5) is 0 Å². The van der Waals surface area contributed by atoms with Gasteiger partial charge in [0.05, 0.1) is 0 Å². The molecular weight excluding hydrogens is 196 g/mol. The Balaban J connectivity index is 2.09. The van der Waals surface area contributed by atoms with E-state index in [4.69, 9.17) is 11.5 Å². The third-order valence-electron chi connectivity index (χ3n) is 4.03. The van der Waals surface area contributed by atoms with Crippen molar-refractivity contribution in [1.29, 1.82) is 0 Å². The van der Waals surface area contributed by atoms with Crippen LogP contribution in [-0.2, 0) is 0 Å². The summed E-state index contributed by atoms with van der Waals surface area (Å²) in [5.41, 5.74) is 12.6. The zero-order valence-corrected chi connectivity index (χ0v) is 11.0. The molecule has 0 saturated heterocycles. The zero-order chi connectivity index (χ0) is 11.9. The molecule has 0 radical (unpaired) electrons. The smallest absolute Gasteiger partial charge is 0.0154 e. The molecule has 1 aliphatic carbocycles. The topological polar surface area (TPSA) is 52.0 Å². The van der Waals surface area contributed by atoms with Gasteiger partial charge in [-0.25, -0.2) is 0 Å². The van der Waals surface area contributed by atoms with Crippen LogP contribution in [-0.4, -0.2) is 11.6 Å². The summed E-state index contributed by atoms with van der Waals surface area (Å²) in [7, 11) is 0. The third-order valence-corrected chi connectivity index (χ3v) is 4.03. The van der Waals surface area contributed by atoms with Crippen LogP contribution in [0.25, 0.3) is 0 Å².